The normalized spacial score (nSPS) is 25.2. The Morgan fingerprint density at radius 1 is 1.27 bits per heavy atom. The van der Waals surface area contributed by atoms with E-state index in [0.29, 0.717) is 6.54 Å². The molecule has 0 spiro atoms. The van der Waals surface area contributed by atoms with E-state index in [1.54, 1.807) is 0 Å². The average molecular weight is 303 g/mol. The maximum atomic E-state index is 12.3. The molecular weight excluding hydrogens is 278 g/mol. The highest BCUT2D eigenvalue weighted by Gasteiger charge is 2.27. The SMILES string of the molecule is N[C@H]1CC[C@H](C(=O)NCc2ccccc2N2CCOCC2)C1. The summed E-state index contributed by atoms with van der Waals surface area (Å²) in [6.45, 7) is 3.92. The fraction of sp³-hybridized carbons (Fsp3) is 0.588. The Bertz CT molecular complexity index is 514. The van der Waals surface area contributed by atoms with Crippen LogP contribution in [0.3, 0.4) is 0 Å². The first-order chi connectivity index (χ1) is 10.7. The molecule has 1 saturated carbocycles. The summed E-state index contributed by atoms with van der Waals surface area (Å²) in [5.41, 5.74) is 8.26. The second-order valence-electron chi connectivity index (χ2n) is 6.22. The van der Waals surface area contributed by atoms with E-state index in [-0.39, 0.29) is 17.9 Å². The summed E-state index contributed by atoms with van der Waals surface area (Å²) in [6.07, 6.45) is 2.69. The van der Waals surface area contributed by atoms with Gasteiger partial charge in [-0.3, -0.25) is 4.79 Å². The summed E-state index contributed by atoms with van der Waals surface area (Å²) < 4.78 is 5.41. The number of benzene rings is 1. The lowest BCUT2D eigenvalue weighted by atomic mass is 10.1. The van der Waals surface area contributed by atoms with E-state index in [4.69, 9.17) is 10.5 Å². The Morgan fingerprint density at radius 3 is 2.77 bits per heavy atom. The third kappa shape index (κ3) is 3.59. The van der Waals surface area contributed by atoms with Crippen LogP contribution in [0.2, 0.25) is 0 Å². The lowest BCUT2D eigenvalue weighted by Gasteiger charge is -2.30. The number of carbonyl (C=O) groups is 1. The molecule has 2 fully saturated rings. The van der Waals surface area contributed by atoms with Crippen molar-refractivity contribution >= 4 is 11.6 Å². The van der Waals surface area contributed by atoms with Crippen LogP contribution in [0.5, 0.6) is 0 Å². The molecule has 22 heavy (non-hydrogen) atoms. The molecule has 1 amide bonds. The van der Waals surface area contributed by atoms with Crippen molar-refractivity contribution < 1.29 is 9.53 Å². The highest BCUT2D eigenvalue weighted by Crippen LogP contribution is 2.25. The average Bonchev–Trinajstić information content (AvgIpc) is 3.00. The van der Waals surface area contributed by atoms with Crippen LogP contribution in [0.25, 0.3) is 0 Å². The van der Waals surface area contributed by atoms with Gasteiger partial charge in [0.2, 0.25) is 5.91 Å². The van der Waals surface area contributed by atoms with Crippen LogP contribution in [-0.2, 0) is 16.1 Å². The first-order valence-electron chi connectivity index (χ1n) is 8.18. The van der Waals surface area contributed by atoms with E-state index >= 15 is 0 Å². The first-order valence-corrected chi connectivity index (χ1v) is 8.18. The molecule has 5 heteroatoms. The first kappa shape index (κ1) is 15.3. The Morgan fingerprint density at radius 2 is 2.05 bits per heavy atom. The predicted molar refractivity (Wildman–Crippen MR) is 86.6 cm³/mol. The van der Waals surface area contributed by atoms with Crippen molar-refractivity contribution in [2.45, 2.75) is 31.8 Å². The number of ether oxygens (including phenoxy) is 1. The number of nitrogens with two attached hydrogens (primary N) is 1. The van der Waals surface area contributed by atoms with Crippen LogP contribution in [0.4, 0.5) is 5.69 Å². The van der Waals surface area contributed by atoms with E-state index in [0.717, 1.165) is 45.6 Å². The summed E-state index contributed by atoms with van der Waals surface area (Å²) in [5.74, 6) is 0.232. The molecule has 1 aliphatic carbocycles. The molecule has 0 radical (unpaired) electrons. The molecule has 0 bridgehead atoms. The maximum absolute atomic E-state index is 12.3. The number of anilines is 1. The number of hydrogen-bond acceptors (Lipinski definition) is 4. The Kier molecular flexibility index (Phi) is 4.95. The lowest BCUT2D eigenvalue weighted by Crippen LogP contribution is -2.37. The zero-order chi connectivity index (χ0) is 15.4. The van der Waals surface area contributed by atoms with Gasteiger partial charge in [-0.15, -0.1) is 0 Å². The van der Waals surface area contributed by atoms with Crippen molar-refractivity contribution in [2.75, 3.05) is 31.2 Å². The van der Waals surface area contributed by atoms with E-state index in [1.807, 2.05) is 12.1 Å². The Balaban J connectivity index is 1.61. The minimum Gasteiger partial charge on any atom is -0.378 e. The summed E-state index contributed by atoms with van der Waals surface area (Å²) in [6, 6.07) is 8.48. The highest BCUT2D eigenvalue weighted by molar-refractivity contribution is 5.79. The third-order valence-corrected chi connectivity index (χ3v) is 4.64. The molecule has 0 aromatic heterocycles. The van der Waals surface area contributed by atoms with Gasteiger partial charge in [-0.05, 0) is 30.9 Å². The molecule has 5 nitrogen and oxygen atoms in total. The molecular formula is C17H25N3O2. The molecule has 1 aromatic rings. The minimum atomic E-state index is 0.0885. The van der Waals surface area contributed by atoms with E-state index in [9.17, 15) is 4.79 Å². The maximum Gasteiger partial charge on any atom is 0.223 e. The lowest BCUT2D eigenvalue weighted by molar-refractivity contribution is -0.125. The fourth-order valence-electron chi connectivity index (χ4n) is 3.35. The molecule has 3 N–H and O–H groups in total. The number of para-hydroxylation sites is 1. The number of rotatable bonds is 4. The van der Waals surface area contributed by atoms with Crippen molar-refractivity contribution in [1.82, 2.24) is 5.32 Å². The quantitative estimate of drug-likeness (QED) is 0.879. The largest absolute Gasteiger partial charge is 0.378 e. The van der Waals surface area contributed by atoms with Crippen molar-refractivity contribution in [3.05, 3.63) is 29.8 Å². The van der Waals surface area contributed by atoms with Crippen molar-refractivity contribution in [3.63, 3.8) is 0 Å². The molecule has 1 saturated heterocycles. The molecule has 3 rings (SSSR count). The molecule has 1 aliphatic heterocycles. The monoisotopic (exact) mass is 303 g/mol. The van der Waals surface area contributed by atoms with Gasteiger partial charge >= 0.3 is 0 Å². The van der Waals surface area contributed by atoms with Gasteiger partial charge < -0.3 is 20.7 Å². The van der Waals surface area contributed by atoms with Crippen LogP contribution < -0.4 is 16.0 Å². The number of hydrogen-bond donors (Lipinski definition) is 2. The standard InChI is InChI=1S/C17H25N3O2/c18-15-6-5-13(11-15)17(21)19-12-14-3-1-2-4-16(14)20-7-9-22-10-8-20/h1-4,13,15H,5-12,18H2,(H,19,21)/t13-,15-/m0/s1. The van der Waals surface area contributed by atoms with Crippen molar-refractivity contribution in [1.29, 1.82) is 0 Å². The molecule has 120 valence electrons. The summed E-state index contributed by atoms with van der Waals surface area (Å²) in [4.78, 5) is 14.6. The van der Waals surface area contributed by atoms with Gasteiger partial charge in [-0.2, -0.15) is 0 Å². The van der Waals surface area contributed by atoms with Crippen LogP contribution in [0, 0.1) is 5.92 Å². The number of nitrogens with zero attached hydrogens (tertiary/aromatic N) is 1. The van der Waals surface area contributed by atoms with Crippen molar-refractivity contribution in [2.24, 2.45) is 11.7 Å². The van der Waals surface area contributed by atoms with E-state index in [2.05, 4.69) is 22.3 Å². The Hall–Kier alpha value is -1.59. The summed E-state index contributed by atoms with van der Waals surface area (Å²) >= 11 is 0. The minimum absolute atomic E-state index is 0.0885. The summed E-state index contributed by atoms with van der Waals surface area (Å²) in [5, 5.41) is 3.09. The van der Waals surface area contributed by atoms with Crippen LogP contribution in [-0.4, -0.2) is 38.3 Å². The zero-order valence-corrected chi connectivity index (χ0v) is 13.0. The molecule has 2 aliphatic rings. The van der Waals surface area contributed by atoms with Gasteiger partial charge in [-0.25, -0.2) is 0 Å². The van der Waals surface area contributed by atoms with E-state index < -0.39 is 0 Å². The van der Waals surface area contributed by atoms with Gasteiger partial charge in [0.05, 0.1) is 13.2 Å². The van der Waals surface area contributed by atoms with Gasteiger partial charge in [0.25, 0.3) is 0 Å². The second kappa shape index (κ2) is 7.11. The Labute approximate surface area is 131 Å². The van der Waals surface area contributed by atoms with Gasteiger partial charge in [-0.1, -0.05) is 18.2 Å². The summed E-state index contributed by atoms with van der Waals surface area (Å²) in [7, 11) is 0. The third-order valence-electron chi connectivity index (χ3n) is 4.64. The smallest absolute Gasteiger partial charge is 0.223 e. The number of nitrogens with one attached hydrogen (secondary N) is 1. The van der Waals surface area contributed by atoms with Gasteiger partial charge in [0.15, 0.2) is 0 Å². The number of morpholine rings is 1. The zero-order valence-electron chi connectivity index (χ0n) is 13.0. The van der Waals surface area contributed by atoms with Gasteiger partial charge in [0.1, 0.15) is 0 Å². The van der Waals surface area contributed by atoms with Crippen molar-refractivity contribution in [3.8, 4) is 0 Å². The van der Waals surface area contributed by atoms with E-state index in [1.165, 1.54) is 11.3 Å². The number of amides is 1. The second-order valence-corrected chi connectivity index (χ2v) is 6.22. The number of carbonyl (C=O) groups excluding carboxylic acids is 1. The van der Waals surface area contributed by atoms with Crippen LogP contribution in [0.1, 0.15) is 24.8 Å². The fourth-order valence-corrected chi connectivity index (χ4v) is 3.35. The highest BCUT2D eigenvalue weighted by atomic mass is 16.5. The van der Waals surface area contributed by atoms with Crippen LogP contribution >= 0.6 is 0 Å². The molecule has 0 unspecified atom stereocenters. The van der Waals surface area contributed by atoms with Crippen LogP contribution in [0.15, 0.2) is 24.3 Å². The molecule has 2 atom stereocenters. The predicted octanol–water partition coefficient (Wildman–Crippen LogP) is 1.27. The van der Waals surface area contributed by atoms with Gasteiger partial charge in [0, 0.05) is 37.3 Å². The molecule has 1 heterocycles. The molecule has 1 aromatic carbocycles. The topological polar surface area (TPSA) is 67.6 Å².